The highest BCUT2D eigenvalue weighted by Crippen LogP contribution is 2.37. The van der Waals surface area contributed by atoms with Crippen LogP contribution in [0.15, 0.2) is 47.5 Å². The third-order valence-electron chi connectivity index (χ3n) is 7.34. The van der Waals surface area contributed by atoms with Gasteiger partial charge < -0.3 is 10.1 Å². The third kappa shape index (κ3) is 4.42. The van der Waals surface area contributed by atoms with Crippen molar-refractivity contribution < 1.29 is 18.3 Å². The van der Waals surface area contributed by atoms with Crippen molar-refractivity contribution in [1.29, 1.82) is 0 Å². The number of carbonyl (C=O) groups excluding carboxylic acids is 1. The number of fused-ring (bicyclic) bond motifs is 4. The Hall–Kier alpha value is -4.18. The molecule has 0 spiro atoms. The number of halogens is 3. The topological polar surface area (TPSA) is 99.0 Å². The van der Waals surface area contributed by atoms with E-state index in [0.29, 0.717) is 40.6 Å². The number of aromatic nitrogens is 4. The van der Waals surface area contributed by atoms with E-state index in [-0.39, 0.29) is 29.0 Å². The van der Waals surface area contributed by atoms with Gasteiger partial charge in [0, 0.05) is 24.0 Å². The van der Waals surface area contributed by atoms with Gasteiger partial charge in [0.2, 0.25) is 5.91 Å². The zero-order chi connectivity index (χ0) is 28.2. The molecular weight excluding hydrogens is 540 g/mol. The summed E-state index contributed by atoms with van der Waals surface area (Å²) < 4.78 is 34.5. The Labute approximate surface area is 233 Å². The Kier molecular flexibility index (Phi) is 6.37. The lowest BCUT2D eigenvalue weighted by Gasteiger charge is -2.22. The quantitative estimate of drug-likeness (QED) is 0.361. The number of anilines is 1. The van der Waals surface area contributed by atoms with Crippen LogP contribution in [0.4, 0.5) is 14.5 Å². The molecule has 204 valence electrons. The van der Waals surface area contributed by atoms with Crippen molar-refractivity contribution in [2.45, 2.75) is 51.6 Å². The first-order valence-electron chi connectivity index (χ1n) is 12.8. The molecular formula is C29H24ClF2N5O3. The van der Waals surface area contributed by atoms with Crippen LogP contribution < -0.4 is 15.6 Å². The summed E-state index contributed by atoms with van der Waals surface area (Å²) in [7, 11) is 0. The van der Waals surface area contributed by atoms with Crippen molar-refractivity contribution in [3.63, 3.8) is 0 Å². The van der Waals surface area contributed by atoms with Crippen LogP contribution in [-0.4, -0.2) is 25.4 Å². The third-order valence-corrected chi connectivity index (χ3v) is 7.69. The Bertz CT molecular complexity index is 1750. The number of hydrogen-bond donors (Lipinski definition) is 1. The van der Waals surface area contributed by atoms with Gasteiger partial charge in [-0.15, -0.1) is 0 Å². The van der Waals surface area contributed by atoms with Crippen LogP contribution in [0.5, 0.6) is 5.75 Å². The molecule has 2 aliphatic rings. The van der Waals surface area contributed by atoms with Gasteiger partial charge in [-0.2, -0.15) is 0 Å². The highest BCUT2D eigenvalue weighted by Gasteiger charge is 2.40. The van der Waals surface area contributed by atoms with Gasteiger partial charge >= 0.3 is 0 Å². The highest BCUT2D eigenvalue weighted by molar-refractivity contribution is 6.31. The molecule has 0 saturated heterocycles. The number of carbonyl (C=O) groups is 1. The van der Waals surface area contributed by atoms with Gasteiger partial charge in [0.05, 0.1) is 40.1 Å². The number of nitrogens with one attached hydrogen (secondary N) is 1. The predicted molar refractivity (Wildman–Crippen MR) is 145 cm³/mol. The van der Waals surface area contributed by atoms with E-state index in [4.69, 9.17) is 21.3 Å². The van der Waals surface area contributed by atoms with Crippen LogP contribution in [-0.2, 0) is 29.7 Å². The van der Waals surface area contributed by atoms with Crippen molar-refractivity contribution >= 4 is 23.2 Å². The van der Waals surface area contributed by atoms with Gasteiger partial charge in [-0.25, -0.2) is 13.8 Å². The van der Waals surface area contributed by atoms with Crippen molar-refractivity contribution in [2.75, 3.05) is 5.32 Å². The molecule has 0 bridgehead atoms. The van der Waals surface area contributed by atoms with E-state index in [0.717, 1.165) is 37.1 Å². The first-order valence-corrected chi connectivity index (χ1v) is 13.2. The van der Waals surface area contributed by atoms with Gasteiger partial charge in [0.1, 0.15) is 28.9 Å². The minimum absolute atomic E-state index is 0.0968. The molecule has 0 unspecified atom stereocenters. The van der Waals surface area contributed by atoms with Crippen LogP contribution in [0.25, 0.3) is 17.1 Å². The molecule has 6 heterocycles. The number of hydrogen-bond acceptors (Lipinski definition) is 6. The monoisotopic (exact) mass is 563 g/mol. The molecule has 1 amide bonds. The molecule has 40 heavy (non-hydrogen) atoms. The van der Waals surface area contributed by atoms with Gasteiger partial charge in [0.15, 0.2) is 5.82 Å². The van der Waals surface area contributed by atoms with Crippen LogP contribution in [0.3, 0.4) is 0 Å². The molecule has 4 aromatic rings. The maximum Gasteiger partial charge on any atom is 0.277 e. The lowest BCUT2D eigenvalue weighted by atomic mass is 9.90. The molecule has 0 radical (unpaired) electrons. The first kappa shape index (κ1) is 26.1. The number of amides is 1. The summed E-state index contributed by atoms with van der Waals surface area (Å²) in [5.41, 5.74) is 3.24. The highest BCUT2D eigenvalue weighted by atomic mass is 35.5. The zero-order valence-corrected chi connectivity index (χ0v) is 22.5. The molecule has 11 heteroatoms. The summed E-state index contributed by atoms with van der Waals surface area (Å²) in [5, 5.41) is 2.69. The van der Waals surface area contributed by atoms with E-state index in [1.54, 1.807) is 22.9 Å². The predicted octanol–water partition coefficient (Wildman–Crippen LogP) is 5.31. The average Bonchev–Trinajstić information content (AvgIpc) is 3.14. The molecule has 0 saturated carbocycles. The van der Waals surface area contributed by atoms with E-state index in [2.05, 4.69) is 15.3 Å². The van der Waals surface area contributed by atoms with Crippen molar-refractivity contribution in [3.05, 3.63) is 92.4 Å². The second-order valence-electron chi connectivity index (χ2n) is 10.4. The van der Waals surface area contributed by atoms with Gasteiger partial charge in [-0.3, -0.25) is 24.1 Å². The Morgan fingerprint density at radius 2 is 1.85 bits per heavy atom. The molecule has 1 N–H and O–H groups in total. The number of pyridine rings is 4. The molecule has 8 nitrogen and oxygen atoms in total. The largest absolute Gasteiger partial charge is 0.485 e. The van der Waals surface area contributed by atoms with Crippen LogP contribution in [0.2, 0.25) is 5.02 Å². The van der Waals surface area contributed by atoms with Gasteiger partial charge in [0.25, 0.3) is 5.56 Å². The smallest absolute Gasteiger partial charge is 0.277 e. The minimum atomic E-state index is -0.850. The standard InChI is InChI=1S/C29H24ClF2N5O3/c1-29(2)26-20(36-28(29)39)8-7-19(35-26)21-11-23-15(12-33-21)5-3-4-6-17-10-24(25(30)27(38)37(17)23)40-14-22-18(32)9-16(31)13-34-22/h7-13H,3-6,14H2,1-2H3,(H,36,39). The number of nitrogens with zero attached hydrogens (tertiary/aromatic N) is 4. The molecule has 0 atom stereocenters. The minimum Gasteiger partial charge on any atom is -0.485 e. The van der Waals surface area contributed by atoms with Crippen LogP contribution >= 0.6 is 11.6 Å². The fourth-order valence-electron chi connectivity index (χ4n) is 5.06. The molecule has 4 aromatic heterocycles. The van der Waals surface area contributed by atoms with E-state index in [9.17, 15) is 18.4 Å². The van der Waals surface area contributed by atoms with E-state index in [1.165, 1.54) is 0 Å². The van der Waals surface area contributed by atoms with E-state index < -0.39 is 22.6 Å². The lowest BCUT2D eigenvalue weighted by molar-refractivity contribution is -0.119. The van der Waals surface area contributed by atoms with Gasteiger partial charge in [-0.1, -0.05) is 11.6 Å². The second-order valence-corrected chi connectivity index (χ2v) is 10.8. The molecule has 6 rings (SSSR count). The summed E-state index contributed by atoms with van der Waals surface area (Å²) >= 11 is 6.49. The Morgan fingerprint density at radius 3 is 2.65 bits per heavy atom. The molecule has 2 aliphatic heterocycles. The number of rotatable bonds is 4. The van der Waals surface area contributed by atoms with E-state index in [1.807, 2.05) is 26.0 Å². The Balaban J connectivity index is 1.41. The number of aryl methyl sites for hydroxylation is 2. The summed E-state index contributed by atoms with van der Waals surface area (Å²) in [6.07, 6.45) is 5.65. The second kappa shape index (κ2) is 9.78. The fraction of sp³-hybridized carbons (Fsp3) is 0.276. The lowest BCUT2D eigenvalue weighted by Crippen LogP contribution is -2.27. The normalized spacial score (nSPS) is 15.4. The van der Waals surface area contributed by atoms with Gasteiger partial charge in [-0.05, 0) is 63.3 Å². The summed E-state index contributed by atoms with van der Waals surface area (Å²) in [5.74, 6) is -1.67. The Morgan fingerprint density at radius 1 is 1.05 bits per heavy atom. The summed E-state index contributed by atoms with van der Waals surface area (Å²) in [6, 6.07) is 7.80. The maximum atomic E-state index is 14.1. The first-order chi connectivity index (χ1) is 19.1. The van der Waals surface area contributed by atoms with Crippen molar-refractivity contribution in [2.24, 2.45) is 0 Å². The molecule has 0 fully saturated rings. The average molecular weight is 564 g/mol. The fourth-order valence-corrected chi connectivity index (χ4v) is 5.26. The van der Waals surface area contributed by atoms with Crippen molar-refractivity contribution in [1.82, 2.24) is 19.5 Å². The molecule has 0 aliphatic carbocycles. The molecule has 0 aromatic carbocycles. The van der Waals surface area contributed by atoms with Crippen molar-refractivity contribution in [3.8, 4) is 22.8 Å². The maximum absolute atomic E-state index is 14.1. The summed E-state index contributed by atoms with van der Waals surface area (Å²) in [6.45, 7) is 3.31. The number of ether oxygens (including phenoxy) is 1. The zero-order valence-electron chi connectivity index (χ0n) is 21.7. The van der Waals surface area contributed by atoms with Crippen LogP contribution in [0.1, 0.15) is 49.3 Å². The SMILES string of the molecule is CC1(C)C(=O)Nc2ccc(-c3cc4c(cn3)CCCCc3cc(OCc5ncc(F)cc5F)c(Cl)c(=O)n3-4)nc21. The van der Waals surface area contributed by atoms with E-state index >= 15 is 0 Å². The summed E-state index contributed by atoms with van der Waals surface area (Å²) in [4.78, 5) is 39.1. The van der Waals surface area contributed by atoms with Crippen LogP contribution in [0, 0.1) is 11.6 Å².